The zero-order chi connectivity index (χ0) is 23.3. The standard InChI is InChI=1S/C30H31N3O/c1-21-12-14-26(15-13-21)33-29(34)30(22(2)31-33)20-25-10-6-7-11-27(25)32-17-16-24(19-28(30)32)18-23-8-4-3-5-9-23/h3-15,24,28H,16-20H2,1-2H3/t24-,28+,30-/m0/s1. The van der Waals surface area contributed by atoms with Gasteiger partial charge in [0.05, 0.1) is 11.4 Å². The molecule has 0 bridgehead atoms. The first-order valence-electron chi connectivity index (χ1n) is 12.4. The smallest absolute Gasteiger partial charge is 0.261 e. The van der Waals surface area contributed by atoms with Gasteiger partial charge in [-0.05, 0) is 74.8 Å². The van der Waals surface area contributed by atoms with Crippen LogP contribution in [-0.4, -0.2) is 24.2 Å². The maximum absolute atomic E-state index is 14.3. The molecule has 1 fully saturated rings. The zero-order valence-electron chi connectivity index (χ0n) is 19.9. The SMILES string of the molecule is CC1=NN(c2ccc(C)cc2)C(=O)[C@@]12Cc1ccccc1N1CC[C@@H](Cc3ccccc3)C[C@@H]12. The van der Waals surface area contributed by atoms with Crippen LogP contribution in [-0.2, 0) is 17.6 Å². The van der Waals surface area contributed by atoms with Crippen LogP contribution >= 0.6 is 0 Å². The van der Waals surface area contributed by atoms with E-state index in [-0.39, 0.29) is 11.9 Å². The first-order valence-corrected chi connectivity index (χ1v) is 12.4. The highest BCUT2D eigenvalue weighted by Crippen LogP contribution is 2.50. The number of benzene rings is 3. The van der Waals surface area contributed by atoms with Crippen molar-refractivity contribution in [3.63, 3.8) is 0 Å². The Hall–Kier alpha value is -3.40. The second-order valence-corrected chi connectivity index (χ2v) is 10.2. The number of carbonyl (C=O) groups is 1. The van der Waals surface area contributed by atoms with Gasteiger partial charge in [-0.2, -0.15) is 10.1 Å². The average Bonchev–Trinajstić information content (AvgIpc) is 3.11. The molecule has 1 saturated heterocycles. The minimum absolute atomic E-state index is 0.122. The Kier molecular flexibility index (Phi) is 5.05. The molecule has 1 spiro atoms. The Labute approximate surface area is 201 Å². The molecule has 3 aromatic rings. The fourth-order valence-corrected chi connectivity index (χ4v) is 6.36. The first-order chi connectivity index (χ1) is 16.6. The Morgan fingerprint density at radius 2 is 1.68 bits per heavy atom. The molecule has 0 radical (unpaired) electrons. The molecule has 0 N–H and O–H groups in total. The monoisotopic (exact) mass is 449 g/mol. The lowest BCUT2D eigenvalue weighted by atomic mass is 9.64. The number of hydrazone groups is 1. The fourth-order valence-electron chi connectivity index (χ4n) is 6.36. The highest BCUT2D eigenvalue weighted by atomic mass is 16.2. The van der Waals surface area contributed by atoms with Crippen LogP contribution in [0.3, 0.4) is 0 Å². The number of para-hydroxylation sites is 1. The second kappa shape index (κ2) is 8.12. The third kappa shape index (κ3) is 3.27. The molecular weight excluding hydrogens is 418 g/mol. The molecule has 0 aliphatic carbocycles. The molecule has 6 rings (SSSR count). The van der Waals surface area contributed by atoms with Gasteiger partial charge in [0.15, 0.2) is 0 Å². The number of rotatable bonds is 3. The van der Waals surface area contributed by atoms with Crippen LogP contribution in [0.15, 0.2) is 84.0 Å². The third-order valence-electron chi connectivity index (χ3n) is 8.17. The summed E-state index contributed by atoms with van der Waals surface area (Å²) in [6, 6.07) is 27.7. The predicted molar refractivity (Wildman–Crippen MR) is 138 cm³/mol. The van der Waals surface area contributed by atoms with E-state index in [2.05, 4.69) is 85.5 Å². The summed E-state index contributed by atoms with van der Waals surface area (Å²) in [4.78, 5) is 16.8. The van der Waals surface area contributed by atoms with Crippen molar-refractivity contribution in [2.24, 2.45) is 16.4 Å². The van der Waals surface area contributed by atoms with E-state index >= 15 is 0 Å². The van der Waals surface area contributed by atoms with E-state index in [9.17, 15) is 4.79 Å². The van der Waals surface area contributed by atoms with Crippen LogP contribution in [0.2, 0.25) is 0 Å². The molecule has 3 heterocycles. The molecule has 3 aliphatic heterocycles. The molecule has 1 amide bonds. The van der Waals surface area contributed by atoms with Gasteiger partial charge >= 0.3 is 0 Å². The zero-order valence-corrected chi connectivity index (χ0v) is 19.9. The maximum Gasteiger partial charge on any atom is 0.261 e. The summed E-state index contributed by atoms with van der Waals surface area (Å²) in [6.07, 6.45) is 3.93. The number of hydrogen-bond acceptors (Lipinski definition) is 3. The number of carbonyl (C=O) groups excluding carboxylic acids is 1. The number of aryl methyl sites for hydroxylation is 1. The summed E-state index contributed by atoms with van der Waals surface area (Å²) in [5, 5.41) is 6.56. The summed E-state index contributed by atoms with van der Waals surface area (Å²) >= 11 is 0. The van der Waals surface area contributed by atoms with Gasteiger partial charge in [0, 0.05) is 18.3 Å². The molecule has 4 nitrogen and oxygen atoms in total. The Morgan fingerprint density at radius 3 is 2.47 bits per heavy atom. The largest absolute Gasteiger partial charge is 0.367 e. The molecule has 4 heteroatoms. The lowest BCUT2D eigenvalue weighted by Gasteiger charge is -2.52. The van der Waals surface area contributed by atoms with Crippen LogP contribution < -0.4 is 9.91 Å². The predicted octanol–water partition coefficient (Wildman–Crippen LogP) is 5.79. The van der Waals surface area contributed by atoms with E-state index < -0.39 is 5.41 Å². The molecule has 3 atom stereocenters. The number of nitrogens with zero attached hydrogens (tertiary/aromatic N) is 3. The molecule has 0 saturated carbocycles. The van der Waals surface area contributed by atoms with Gasteiger partial charge in [-0.3, -0.25) is 4.79 Å². The van der Waals surface area contributed by atoms with Gasteiger partial charge in [-0.25, -0.2) is 0 Å². The molecule has 172 valence electrons. The average molecular weight is 450 g/mol. The topological polar surface area (TPSA) is 35.9 Å². The summed E-state index contributed by atoms with van der Waals surface area (Å²) < 4.78 is 0. The minimum atomic E-state index is -0.616. The highest BCUT2D eigenvalue weighted by molar-refractivity contribution is 6.20. The second-order valence-electron chi connectivity index (χ2n) is 10.2. The fraction of sp³-hybridized carbons (Fsp3) is 0.333. The van der Waals surface area contributed by atoms with Crippen molar-refractivity contribution in [1.82, 2.24) is 0 Å². The van der Waals surface area contributed by atoms with Crippen LogP contribution in [0.5, 0.6) is 0 Å². The van der Waals surface area contributed by atoms with Crippen molar-refractivity contribution in [3.8, 4) is 0 Å². The lowest BCUT2D eigenvalue weighted by Crippen LogP contribution is -2.62. The number of anilines is 2. The van der Waals surface area contributed by atoms with Crippen molar-refractivity contribution in [2.75, 3.05) is 16.5 Å². The quantitative estimate of drug-likeness (QED) is 0.508. The molecule has 0 aromatic heterocycles. The van der Waals surface area contributed by atoms with E-state index in [0.717, 1.165) is 43.6 Å². The Bertz CT molecular complexity index is 1250. The van der Waals surface area contributed by atoms with Gasteiger partial charge in [0.25, 0.3) is 5.91 Å². The van der Waals surface area contributed by atoms with Gasteiger partial charge in [0.1, 0.15) is 5.41 Å². The van der Waals surface area contributed by atoms with Crippen LogP contribution in [0.25, 0.3) is 0 Å². The molecular formula is C30H31N3O. The van der Waals surface area contributed by atoms with E-state index in [1.807, 2.05) is 12.1 Å². The molecule has 0 unspecified atom stereocenters. The van der Waals surface area contributed by atoms with E-state index in [0.29, 0.717) is 5.92 Å². The van der Waals surface area contributed by atoms with Crippen LogP contribution in [0.4, 0.5) is 11.4 Å². The van der Waals surface area contributed by atoms with Crippen molar-refractivity contribution in [3.05, 3.63) is 95.6 Å². The molecule has 34 heavy (non-hydrogen) atoms. The van der Waals surface area contributed by atoms with Crippen molar-refractivity contribution < 1.29 is 4.79 Å². The Balaban J connectivity index is 1.39. The van der Waals surface area contributed by atoms with E-state index in [1.165, 1.54) is 22.4 Å². The number of fused-ring (bicyclic) bond motifs is 4. The van der Waals surface area contributed by atoms with Gasteiger partial charge < -0.3 is 4.90 Å². The van der Waals surface area contributed by atoms with Gasteiger partial charge in [-0.1, -0.05) is 66.2 Å². The van der Waals surface area contributed by atoms with Crippen molar-refractivity contribution in [2.45, 2.75) is 45.6 Å². The Morgan fingerprint density at radius 1 is 0.941 bits per heavy atom. The summed E-state index contributed by atoms with van der Waals surface area (Å²) in [6.45, 7) is 5.11. The first kappa shape index (κ1) is 21.2. The number of hydrogen-bond donors (Lipinski definition) is 0. The molecule has 3 aromatic carbocycles. The minimum Gasteiger partial charge on any atom is -0.367 e. The lowest BCUT2D eigenvalue weighted by molar-refractivity contribution is -0.125. The number of piperidine rings is 1. The van der Waals surface area contributed by atoms with Crippen LogP contribution in [0, 0.1) is 18.3 Å². The third-order valence-corrected chi connectivity index (χ3v) is 8.17. The number of amides is 1. The normalized spacial score (nSPS) is 25.8. The van der Waals surface area contributed by atoms with E-state index in [4.69, 9.17) is 5.10 Å². The highest BCUT2D eigenvalue weighted by Gasteiger charge is 2.59. The summed E-state index contributed by atoms with van der Waals surface area (Å²) in [5.74, 6) is 0.679. The van der Waals surface area contributed by atoms with Crippen molar-refractivity contribution >= 4 is 23.0 Å². The van der Waals surface area contributed by atoms with Gasteiger partial charge in [0.2, 0.25) is 0 Å². The molecule has 3 aliphatic rings. The van der Waals surface area contributed by atoms with Gasteiger partial charge in [-0.15, -0.1) is 0 Å². The summed E-state index contributed by atoms with van der Waals surface area (Å²) in [5.41, 5.74) is 6.31. The van der Waals surface area contributed by atoms with Crippen LogP contribution in [0.1, 0.15) is 36.5 Å². The van der Waals surface area contributed by atoms with E-state index in [1.54, 1.807) is 5.01 Å². The summed E-state index contributed by atoms with van der Waals surface area (Å²) in [7, 11) is 0. The maximum atomic E-state index is 14.3. The van der Waals surface area contributed by atoms with Crippen molar-refractivity contribution in [1.29, 1.82) is 0 Å².